The molecule has 98 valence electrons. The summed E-state index contributed by atoms with van der Waals surface area (Å²) in [7, 11) is 2.16. The van der Waals surface area contributed by atoms with Crippen LogP contribution in [0.5, 0.6) is 0 Å². The van der Waals surface area contributed by atoms with Crippen molar-refractivity contribution >= 4 is 0 Å². The molecule has 0 fully saturated rings. The van der Waals surface area contributed by atoms with Gasteiger partial charge in [-0.3, -0.25) is 0 Å². The van der Waals surface area contributed by atoms with Crippen molar-refractivity contribution in [1.29, 1.82) is 0 Å². The average Bonchev–Trinajstić information content (AvgIpc) is 2.69. The van der Waals surface area contributed by atoms with Gasteiger partial charge in [0.1, 0.15) is 12.4 Å². The second-order valence-corrected chi connectivity index (χ2v) is 4.98. The second kappa shape index (κ2) is 8.32. The minimum absolute atomic E-state index is 1.09. The van der Waals surface area contributed by atoms with Crippen LogP contribution in [0, 0.1) is 0 Å². The molecule has 1 rings (SSSR count). The van der Waals surface area contributed by atoms with Gasteiger partial charge in [-0.15, -0.1) is 0 Å². The van der Waals surface area contributed by atoms with Crippen LogP contribution in [0.1, 0.15) is 64.6 Å². The molecule has 0 N–H and O–H groups in total. The molecule has 0 atom stereocenters. The van der Waals surface area contributed by atoms with Crippen LogP contribution in [-0.4, -0.2) is 4.57 Å². The fourth-order valence-corrected chi connectivity index (χ4v) is 2.40. The van der Waals surface area contributed by atoms with Gasteiger partial charge >= 0.3 is 0 Å². The number of aryl methyl sites for hydroxylation is 2. The van der Waals surface area contributed by atoms with Crippen molar-refractivity contribution in [3.8, 4) is 0 Å². The highest BCUT2D eigenvalue weighted by atomic mass is 15.1. The van der Waals surface area contributed by atoms with Crippen LogP contribution >= 0.6 is 0 Å². The summed E-state index contributed by atoms with van der Waals surface area (Å²) in [5.41, 5.74) is 0. The average molecular weight is 237 g/mol. The molecule has 0 radical (unpaired) electrons. The number of nitrogens with zero attached hydrogens (tertiary/aromatic N) is 2. The Kier molecular flexibility index (Phi) is 6.99. The highest BCUT2D eigenvalue weighted by Gasteiger charge is 2.11. The van der Waals surface area contributed by atoms with Crippen molar-refractivity contribution in [1.82, 2.24) is 4.57 Å². The summed E-state index contributed by atoms with van der Waals surface area (Å²) >= 11 is 0. The van der Waals surface area contributed by atoms with Gasteiger partial charge in [0.15, 0.2) is 0 Å². The van der Waals surface area contributed by atoms with Gasteiger partial charge in [-0.2, -0.15) is 0 Å². The molecule has 0 saturated heterocycles. The van der Waals surface area contributed by atoms with Crippen LogP contribution in [0.2, 0.25) is 0 Å². The summed E-state index contributed by atoms with van der Waals surface area (Å²) in [6.45, 7) is 5.58. The summed E-state index contributed by atoms with van der Waals surface area (Å²) in [5, 5.41) is 0. The number of hydrogen-bond acceptors (Lipinski definition) is 0. The summed E-state index contributed by atoms with van der Waals surface area (Å²) in [6, 6.07) is 0. The van der Waals surface area contributed by atoms with Crippen molar-refractivity contribution in [3.05, 3.63) is 18.2 Å². The predicted octanol–water partition coefficient (Wildman–Crippen LogP) is 3.63. The van der Waals surface area contributed by atoms with Crippen LogP contribution in [0.25, 0.3) is 0 Å². The molecular formula is C15H29N2+. The number of imidazole rings is 1. The van der Waals surface area contributed by atoms with Crippen LogP contribution < -0.4 is 4.57 Å². The molecule has 2 heteroatoms. The van der Waals surface area contributed by atoms with E-state index in [1.165, 1.54) is 57.2 Å². The number of rotatable bonds is 9. The van der Waals surface area contributed by atoms with E-state index in [9.17, 15) is 0 Å². The van der Waals surface area contributed by atoms with E-state index in [0.29, 0.717) is 0 Å². The van der Waals surface area contributed by atoms with Gasteiger partial charge in [0.25, 0.3) is 5.82 Å². The van der Waals surface area contributed by atoms with Crippen LogP contribution in [0.3, 0.4) is 0 Å². The molecule has 0 bridgehead atoms. The first-order valence-electron chi connectivity index (χ1n) is 7.33. The second-order valence-electron chi connectivity index (χ2n) is 4.98. The lowest BCUT2D eigenvalue weighted by molar-refractivity contribution is -0.700. The van der Waals surface area contributed by atoms with E-state index < -0.39 is 0 Å². The van der Waals surface area contributed by atoms with Gasteiger partial charge in [-0.25, -0.2) is 9.13 Å². The zero-order valence-corrected chi connectivity index (χ0v) is 11.9. The largest absolute Gasteiger partial charge is 0.256 e. The number of hydrogen-bond donors (Lipinski definition) is 0. The van der Waals surface area contributed by atoms with Crippen molar-refractivity contribution in [2.75, 3.05) is 0 Å². The van der Waals surface area contributed by atoms with Crippen molar-refractivity contribution in [2.45, 2.75) is 71.8 Å². The number of aromatic nitrogens is 2. The van der Waals surface area contributed by atoms with Crippen molar-refractivity contribution in [3.63, 3.8) is 0 Å². The summed E-state index contributed by atoms with van der Waals surface area (Å²) in [4.78, 5) is 0. The van der Waals surface area contributed by atoms with Crippen molar-refractivity contribution < 1.29 is 4.57 Å². The molecule has 0 saturated carbocycles. The van der Waals surface area contributed by atoms with E-state index in [-0.39, 0.29) is 0 Å². The molecule has 0 aliphatic carbocycles. The fraction of sp³-hybridized carbons (Fsp3) is 0.800. The van der Waals surface area contributed by atoms with Crippen molar-refractivity contribution in [2.24, 2.45) is 7.05 Å². The van der Waals surface area contributed by atoms with Gasteiger partial charge < -0.3 is 0 Å². The third-order valence-electron chi connectivity index (χ3n) is 3.55. The topological polar surface area (TPSA) is 8.81 Å². The molecule has 1 aromatic heterocycles. The molecule has 0 spiro atoms. The zero-order valence-electron chi connectivity index (χ0n) is 11.9. The zero-order chi connectivity index (χ0) is 12.5. The standard InChI is InChI=1S/C15H29N2/c1-4-6-7-8-9-10-11-12-15-16(3)13-14-17(15)5-2/h13-14H,4-12H2,1-3H3/q+1. The van der Waals surface area contributed by atoms with Crippen LogP contribution in [0.15, 0.2) is 12.4 Å². The number of unbranched alkanes of at least 4 members (excludes halogenated alkanes) is 6. The normalized spacial score (nSPS) is 11.0. The summed E-state index contributed by atoms with van der Waals surface area (Å²) < 4.78 is 4.62. The van der Waals surface area contributed by atoms with E-state index in [1.807, 2.05) is 0 Å². The maximum Gasteiger partial charge on any atom is 0.256 e. The first-order chi connectivity index (χ1) is 8.29. The van der Waals surface area contributed by atoms with Crippen LogP contribution in [0.4, 0.5) is 0 Å². The molecule has 0 amide bonds. The van der Waals surface area contributed by atoms with Gasteiger partial charge in [-0.1, -0.05) is 45.4 Å². The smallest absolute Gasteiger partial charge is 0.237 e. The minimum Gasteiger partial charge on any atom is -0.237 e. The molecule has 17 heavy (non-hydrogen) atoms. The van der Waals surface area contributed by atoms with E-state index in [0.717, 1.165) is 6.54 Å². The molecule has 0 unspecified atom stereocenters. The Morgan fingerprint density at radius 2 is 1.65 bits per heavy atom. The first kappa shape index (κ1) is 14.3. The Bertz CT molecular complexity index is 302. The van der Waals surface area contributed by atoms with E-state index in [4.69, 9.17) is 0 Å². The first-order valence-corrected chi connectivity index (χ1v) is 7.33. The van der Waals surface area contributed by atoms with Gasteiger partial charge in [0.2, 0.25) is 0 Å². The molecule has 0 aromatic carbocycles. The lowest BCUT2D eigenvalue weighted by Crippen LogP contribution is -2.35. The van der Waals surface area contributed by atoms with E-state index >= 15 is 0 Å². The molecule has 1 heterocycles. The third kappa shape index (κ3) is 4.93. The van der Waals surface area contributed by atoms with Gasteiger partial charge in [0, 0.05) is 6.42 Å². The van der Waals surface area contributed by atoms with E-state index in [1.54, 1.807) is 0 Å². The Balaban J connectivity index is 2.15. The SMILES string of the molecule is CCCCCCCCCc1n(C)cc[n+]1CC. The molecular weight excluding hydrogens is 208 g/mol. The lowest BCUT2D eigenvalue weighted by atomic mass is 10.1. The maximum atomic E-state index is 2.36. The Hall–Kier alpha value is -0.790. The quantitative estimate of drug-likeness (QED) is 0.458. The Morgan fingerprint density at radius 1 is 1.00 bits per heavy atom. The Morgan fingerprint density at radius 3 is 2.29 bits per heavy atom. The predicted molar refractivity (Wildman–Crippen MR) is 73.0 cm³/mol. The molecule has 1 aromatic rings. The minimum atomic E-state index is 1.09. The molecule has 2 nitrogen and oxygen atoms in total. The lowest BCUT2D eigenvalue weighted by Gasteiger charge is -2.02. The van der Waals surface area contributed by atoms with Gasteiger partial charge in [-0.05, 0) is 13.3 Å². The third-order valence-corrected chi connectivity index (χ3v) is 3.55. The summed E-state index contributed by atoms with van der Waals surface area (Å²) in [6.07, 6.45) is 15.3. The van der Waals surface area contributed by atoms with E-state index in [2.05, 4.69) is 42.4 Å². The highest BCUT2D eigenvalue weighted by Crippen LogP contribution is 2.09. The molecule has 0 aliphatic rings. The molecule has 0 aliphatic heterocycles. The van der Waals surface area contributed by atoms with Gasteiger partial charge in [0.05, 0.1) is 13.6 Å². The van der Waals surface area contributed by atoms with Crippen LogP contribution in [-0.2, 0) is 20.0 Å². The highest BCUT2D eigenvalue weighted by molar-refractivity contribution is 4.82. The monoisotopic (exact) mass is 237 g/mol. The maximum absolute atomic E-state index is 2.36. The fourth-order valence-electron chi connectivity index (χ4n) is 2.40. The Labute approximate surface area is 107 Å². The summed E-state index contributed by atoms with van der Waals surface area (Å²) in [5.74, 6) is 1.47.